The van der Waals surface area contributed by atoms with Crippen LogP contribution in [-0.4, -0.2) is 25.6 Å². The molecular formula is C24H27N3O3. The molecule has 6 nitrogen and oxygen atoms in total. The summed E-state index contributed by atoms with van der Waals surface area (Å²) in [6, 6.07) is 15.5. The van der Waals surface area contributed by atoms with Crippen LogP contribution in [0.3, 0.4) is 0 Å². The normalized spacial score (nSPS) is 10.5. The van der Waals surface area contributed by atoms with E-state index in [1.54, 1.807) is 7.11 Å². The highest BCUT2D eigenvalue weighted by Crippen LogP contribution is 2.22. The fraction of sp³-hybridized carbons (Fsp3) is 0.250. The molecule has 0 radical (unpaired) electrons. The van der Waals surface area contributed by atoms with Crippen molar-refractivity contribution in [2.24, 2.45) is 0 Å². The van der Waals surface area contributed by atoms with Crippen LogP contribution in [0.1, 0.15) is 22.3 Å². The van der Waals surface area contributed by atoms with Crippen LogP contribution >= 0.6 is 0 Å². The van der Waals surface area contributed by atoms with Crippen LogP contribution in [0.2, 0.25) is 0 Å². The average molecular weight is 405 g/mol. The summed E-state index contributed by atoms with van der Waals surface area (Å²) < 4.78 is 5.24. The van der Waals surface area contributed by atoms with Crippen molar-refractivity contribution in [3.63, 3.8) is 0 Å². The number of amides is 3. The lowest BCUT2D eigenvalue weighted by molar-refractivity contribution is -0.115. The highest BCUT2D eigenvalue weighted by Gasteiger charge is 2.10. The van der Waals surface area contributed by atoms with E-state index in [1.807, 2.05) is 69.3 Å². The summed E-state index contributed by atoms with van der Waals surface area (Å²) in [6.45, 7) is 6.19. The Morgan fingerprint density at radius 3 is 2.23 bits per heavy atom. The van der Waals surface area contributed by atoms with Gasteiger partial charge >= 0.3 is 6.03 Å². The molecule has 156 valence electrons. The summed E-state index contributed by atoms with van der Waals surface area (Å²) in [5.74, 6) is 0.543. The van der Waals surface area contributed by atoms with E-state index in [9.17, 15) is 9.59 Å². The van der Waals surface area contributed by atoms with E-state index in [4.69, 9.17) is 4.74 Å². The topological polar surface area (TPSA) is 79.5 Å². The quantitative estimate of drug-likeness (QED) is 0.575. The Hall–Kier alpha value is -3.54. The van der Waals surface area contributed by atoms with E-state index in [0.717, 1.165) is 44.5 Å². The molecule has 3 N–H and O–H groups in total. The lowest BCUT2D eigenvalue weighted by atomic mass is 10.1. The maximum absolute atomic E-state index is 12.2. The number of urea groups is 1. The Morgan fingerprint density at radius 2 is 1.53 bits per heavy atom. The first-order valence-electron chi connectivity index (χ1n) is 9.82. The first-order chi connectivity index (χ1) is 14.4. The molecule has 0 fully saturated rings. The minimum absolute atomic E-state index is 0.101. The molecule has 0 aliphatic carbocycles. The molecular weight excluding hydrogens is 378 g/mol. The van der Waals surface area contributed by atoms with Gasteiger partial charge in [-0.25, -0.2) is 4.79 Å². The summed E-state index contributed by atoms with van der Waals surface area (Å²) in [5.41, 5.74) is 4.91. The molecule has 0 unspecified atom stereocenters. The molecule has 0 aromatic heterocycles. The van der Waals surface area contributed by atoms with Gasteiger partial charge in [0.05, 0.1) is 13.7 Å². The fourth-order valence-electron chi connectivity index (χ4n) is 3.48. The molecule has 0 atom stereocenters. The molecule has 0 aliphatic heterocycles. The van der Waals surface area contributed by atoms with E-state index in [2.05, 4.69) is 16.0 Å². The third-order valence-electron chi connectivity index (χ3n) is 4.92. The molecule has 0 bridgehead atoms. The van der Waals surface area contributed by atoms with E-state index in [1.165, 1.54) is 0 Å². The van der Waals surface area contributed by atoms with Crippen LogP contribution in [-0.2, 0) is 11.3 Å². The predicted octanol–water partition coefficient (Wildman–Crippen LogP) is 4.21. The predicted molar refractivity (Wildman–Crippen MR) is 120 cm³/mol. The van der Waals surface area contributed by atoms with E-state index in [-0.39, 0.29) is 12.5 Å². The van der Waals surface area contributed by atoms with Crippen molar-refractivity contribution in [3.05, 3.63) is 70.8 Å². The van der Waals surface area contributed by atoms with Crippen LogP contribution < -0.4 is 20.7 Å². The van der Waals surface area contributed by atoms with Crippen molar-refractivity contribution in [2.45, 2.75) is 27.3 Å². The van der Waals surface area contributed by atoms with E-state index in [0.29, 0.717) is 6.54 Å². The Balaban J connectivity index is 1.50. The van der Waals surface area contributed by atoms with Crippen LogP contribution in [0.15, 0.2) is 48.5 Å². The second kappa shape index (κ2) is 9.31. The smallest absolute Gasteiger partial charge is 0.315 e. The number of ether oxygens (including phenoxy) is 1. The van der Waals surface area contributed by atoms with Gasteiger partial charge in [0.2, 0.25) is 5.91 Å². The Morgan fingerprint density at radius 1 is 0.867 bits per heavy atom. The highest BCUT2D eigenvalue weighted by molar-refractivity contribution is 5.95. The summed E-state index contributed by atoms with van der Waals surface area (Å²) in [5, 5.41) is 10.4. The van der Waals surface area contributed by atoms with Crippen LogP contribution in [0.25, 0.3) is 10.8 Å². The highest BCUT2D eigenvalue weighted by atomic mass is 16.5. The van der Waals surface area contributed by atoms with Crippen molar-refractivity contribution in [2.75, 3.05) is 19.0 Å². The van der Waals surface area contributed by atoms with Gasteiger partial charge in [-0.3, -0.25) is 4.79 Å². The van der Waals surface area contributed by atoms with Crippen molar-refractivity contribution in [3.8, 4) is 5.75 Å². The number of carbonyl (C=O) groups excluding carboxylic acids is 2. The Kier molecular flexibility index (Phi) is 6.57. The standard InChI is InChI=1S/C24H27N3O3/c1-15-9-16(2)23(17(3)10-15)27-22(28)14-26-24(29)25-13-18-5-6-20-12-21(30-4)8-7-19(20)11-18/h5-12H,13-14H2,1-4H3,(H,27,28)(H2,25,26,29). The summed E-state index contributed by atoms with van der Waals surface area (Å²) in [6.07, 6.45) is 0. The third-order valence-corrected chi connectivity index (χ3v) is 4.92. The minimum atomic E-state index is -0.391. The van der Waals surface area contributed by atoms with Crippen LogP contribution in [0, 0.1) is 20.8 Å². The fourth-order valence-corrected chi connectivity index (χ4v) is 3.48. The number of aryl methyl sites for hydroxylation is 3. The minimum Gasteiger partial charge on any atom is -0.497 e. The molecule has 0 aliphatic rings. The molecule has 0 saturated carbocycles. The maximum Gasteiger partial charge on any atom is 0.315 e. The second-order valence-corrected chi connectivity index (χ2v) is 7.41. The van der Waals surface area contributed by atoms with E-state index >= 15 is 0 Å². The van der Waals surface area contributed by atoms with Crippen LogP contribution in [0.5, 0.6) is 5.75 Å². The number of hydrogen-bond acceptors (Lipinski definition) is 3. The second-order valence-electron chi connectivity index (χ2n) is 7.41. The number of methoxy groups -OCH3 is 1. The lowest BCUT2D eigenvalue weighted by Crippen LogP contribution is -2.39. The van der Waals surface area contributed by atoms with Crippen molar-refractivity contribution in [1.82, 2.24) is 10.6 Å². The molecule has 0 saturated heterocycles. The first kappa shape index (κ1) is 21.2. The largest absolute Gasteiger partial charge is 0.497 e. The average Bonchev–Trinajstić information content (AvgIpc) is 2.72. The summed E-state index contributed by atoms with van der Waals surface area (Å²) in [7, 11) is 1.64. The third kappa shape index (κ3) is 5.29. The zero-order valence-electron chi connectivity index (χ0n) is 17.8. The number of rotatable bonds is 6. The van der Waals surface area contributed by atoms with Gasteiger partial charge in [-0.15, -0.1) is 0 Å². The molecule has 30 heavy (non-hydrogen) atoms. The maximum atomic E-state index is 12.2. The lowest BCUT2D eigenvalue weighted by Gasteiger charge is -2.13. The number of hydrogen-bond donors (Lipinski definition) is 3. The van der Waals surface area contributed by atoms with Crippen molar-refractivity contribution < 1.29 is 14.3 Å². The number of fused-ring (bicyclic) bond motifs is 1. The molecule has 3 aromatic carbocycles. The number of carbonyl (C=O) groups is 2. The summed E-state index contributed by atoms with van der Waals surface area (Å²) in [4.78, 5) is 24.3. The van der Waals surface area contributed by atoms with E-state index < -0.39 is 6.03 Å². The molecule has 3 amide bonds. The molecule has 6 heteroatoms. The SMILES string of the molecule is COc1ccc2cc(CNC(=O)NCC(=O)Nc3c(C)cc(C)cc3C)ccc2c1. The molecule has 3 aromatic rings. The molecule has 0 heterocycles. The summed E-state index contributed by atoms with van der Waals surface area (Å²) >= 11 is 0. The molecule has 3 rings (SSSR count). The Labute approximate surface area is 176 Å². The number of benzene rings is 3. The van der Waals surface area contributed by atoms with Gasteiger partial charge in [0, 0.05) is 12.2 Å². The van der Waals surface area contributed by atoms with Gasteiger partial charge < -0.3 is 20.7 Å². The van der Waals surface area contributed by atoms with Gasteiger partial charge in [0.1, 0.15) is 5.75 Å². The van der Waals surface area contributed by atoms with Crippen LogP contribution in [0.4, 0.5) is 10.5 Å². The molecule has 0 spiro atoms. The van der Waals surface area contributed by atoms with Gasteiger partial charge in [-0.1, -0.05) is 35.9 Å². The van der Waals surface area contributed by atoms with Crippen molar-refractivity contribution in [1.29, 1.82) is 0 Å². The van der Waals surface area contributed by atoms with Crippen molar-refractivity contribution >= 4 is 28.4 Å². The van der Waals surface area contributed by atoms with Gasteiger partial charge in [0.15, 0.2) is 0 Å². The first-order valence-corrected chi connectivity index (χ1v) is 9.82. The van der Waals surface area contributed by atoms with Gasteiger partial charge in [-0.2, -0.15) is 0 Å². The monoisotopic (exact) mass is 405 g/mol. The van der Waals surface area contributed by atoms with Gasteiger partial charge in [-0.05, 0) is 66.4 Å². The van der Waals surface area contributed by atoms with Gasteiger partial charge in [0.25, 0.3) is 0 Å². The number of anilines is 1. The Bertz CT molecular complexity index is 1070. The number of nitrogens with one attached hydrogen (secondary N) is 3. The zero-order chi connectivity index (χ0) is 21.7. The zero-order valence-corrected chi connectivity index (χ0v) is 17.8.